The maximum absolute atomic E-state index is 12.5. The van der Waals surface area contributed by atoms with Crippen LogP contribution in [0.15, 0.2) is 90.1 Å². The van der Waals surface area contributed by atoms with Gasteiger partial charge in [0.25, 0.3) is 5.69 Å². The van der Waals surface area contributed by atoms with E-state index in [1.807, 2.05) is 65.2 Å². The number of non-ortho nitro benzene ring substituents is 1. The molecule has 160 valence electrons. The van der Waals surface area contributed by atoms with Crippen LogP contribution in [0.25, 0.3) is 11.4 Å². The SMILES string of the molecule is O=C(CSc1nnc(-c2ccccc2)n1Cc1ccccc1)Nc1cccc([N+](=O)[O-])c1. The molecule has 0 saturated carbocycles. The monoisotopic (exact) mass is 445 g/mol. The highest BCUT2D eigenvalue weighted by atomic mass is 32.2. The second-order valence-electron chi connectivity index (χ2n) is 6.89. The summed E-state index contributed by atoms with van der Waals surface area (Å²) in [5, 5.41) is 22.9. The third-order valence-corrected chi connectivity index (χ3v) is 5.57. The molecule has 1 amide bonds. The van der Waals surface area contributed by atoms with E-state index in [1.165, 1.54) is 30.0 Å². The molecule has 4 rings (SSSR count). The van der Waals surface area contributed by atoms with E-state index < -0.39 is 4.92 Å². The number of nitrogens with one attached hydrogen (secondary N) is 1. The van der Waals surface area contributed by atoms with Crippen LogP contribution in [0.1, 0.15) is 5.56 Å². The maximum Gasteiger partial charge on any atom is 0.271 e. The Morgan fingerprint density at radius 3 is 2.41 bits per heavy atom. The molecule has 0 unspecified atom stereocenters. The van der Waals surface area contributed by atoms with Gasteiger partial charge >= 0.3 is 0 Å². The molecule has 0 fully saturated rings. The number of hydrogen-bond donors (Lipinski definition) is 1. The lowest BCUT2D eigenvalue weighted by molar-refractivity contribution is -0.384. The Morgan fingerprint density at radius 1 is 0.969 bits per heavy atom. The highest BCUT2D eigenvalue weighted by molar-refractivity contribution is 7.99. The van der Waals surface area contributed by atoms with Crippen molar-refractivity contribution in [2.24, 2.45) is 0 Å². The summed E-state index contributed by atoms with van der Waals surface area (Å²) in [7, 11) is 0. The number of aromatic nitrogens is 3. The van der Waals surface area contributed by atoms with Crippen molar-refractivity contribution in [3.05, 3.63) is 101 Å². The van der Waals surface area contributed by atoms with Gasteiger partial charge in [0.1, 0.15) is 0 Å². The third-order valence-electron chi connectivity index (χ3n) is 4.61. The van der Waals surface area contributed by atoms with E-state index in [0.717, 1.165) is 17.0 Å². The number of carbonyl (C=O) groups is 1. The first-order valence-corrected chi connectivity index (χ1v) is 10.8. The van der Waals surface area contributed by atoms with Gasteiger partial charge < -0.3 is 5.32 Å². The van der Waals surface area contributed by atoms with Gasteiger partial charge in [-0.1, -0.05) is 78.5 Å². The minimum absolute atomic E-state index is 0.0782. The van der Waals surface area contributed by atoms with Crippen molar-refractivity contribution in [2.75, 3.05) is 11.1 Å². The second-order valence-corrected chi connectivity index (χ2v) is 7.83. The quantitative estimate of drug-likeness (QED) is 0.241. The molecule has 0 aliphatic heterocycles. The molecule has 8 nitrogen and oxygen atoms in total. The minimum atomic E-state index is -0.498. The molecule has 1 N–H and O–H groups in total. The van der Waals surface area contributed by atoms with Crippen molar-refractivity contribution in [2.45, 2.75) is 11.7 Å². The number of amides is 1. The Balaban J connectivity index is 1.51. The zero-order chi connectivity index (χ0) is 22.3. The van der Waals surface area contributed by atoms with Gasteiger partial charge in [0, 0.05) is 23.4 Å². The van der Waals surface area contributed by atoms with Crippen LogP contribution < -0.4 is 5.32 Å². The Bertz CT molecular complexity index is 1230. The van der Waals surface area contributed by atoms with Crippen LogP contribution in [-0.4, -0.2) is 31.3 Å². The summed E-state index contributed by atoms with van der Waals surface area (Å²) in [6.07, 6.45) is 0. The molecule has 1 heterocycles. The van der Waals surface area contributed by atoms with E-state index >= 15 is 0 Å². The van der Waals surface area contributed by atoms with E-state index in [4.69, 9.17) is 0 Å². The van der Waals surface area contributed by atoms with Crippen molar-refractivity contribution in [3.63, 3.8) is 0 Å². The van der Waals surface area contributed by atoms with Gasteiger partial charge in [-0.15, -0.1) is 10.2 Å². The summed E-state index contributed by atoms with van der Waals surface area (Å²) in [4.78, 5) is 22.9. The molecule has 0 bridgehead atoms. The van der Waals surface area contributed by atoms with E-state index in [1.54, 1.807) is 6.07 Å². The van der Waals surface area contributed by atoms with E-state index in [9.17, 15) is 14.9 Å². The molecule has 1 aromatic heterocycles. The first kappa shape index (κ1) is 21.3. The topological polar surface area (TPSA) is 103 Å². The molecule has 4 aromatic rings. The van der Waals surface area contributed by atoms with Crippen LogP contribution >= 0.6 is 11.8 Å². The summed E-state index contributed by atoms with van der Waals surface area (Å²) in [6.45, 7) is 0.562. The van der Waals surface area contributed by atoms with Crippen molar-refractivity contribution in [1.82, 2.24) is 14.8 Å². The molecular formula is C23H19N5O3S. The van der Waals surface area contributed by atoms with Crippen molar-refractivity contribution in [1.29, 1.82) is 0 Å². The molecule has 0 atom stereocenters. The summed E-state index contributed by atoms with van der Waals surface area (Å²) in [5.74, 6) is 0.520. The molecule has 3 aromatic carbocycles. The van der Waals surface area contributed by atoms with E-state index in [0.29, 0.717) is 17.4 Å². The molecule has 0 spiro atoms. The Hall–Kier alpha value is -3.98. The lowest BCUT2D eigenvalue weighted by atomic mass is 10.2. The predicted molar refractivity (Wildman–Crippen MR) is 123 cm³/mol. The van der Waals surface area contributed by atoms with Crippen LogP contribution in [0.4, 0.5) is 11.4 Å². The first-order chi connectivity index (χ1) is 15.6. The fourth-order valence-electron chi connectivity index (χ4n) is 3.13. The van der Waals surface area contributed by atoms with Crippen LogP contribution in [0, 0.1) is 10.1 Å². The molecule has 0 saturated heterocycles. The van der Waals surface area contributed by atoms with Crippen LogP contribution in [0.3, 0.4) is 0 Å². The van der Waals surface area contributed by atoms with Gasteiger partial charge in [0.05, 0.1) is 17.2 Å². The Labute approximate surface area is 188 Å². The van der Waals surface area contributed by atoms with Crippen LogP contribution in [0.2, 0.25) is 0 Å². The standard InChI is InChI=1S/C23H19N5O3S/c29-21(24-19-12-7-13-20(14-19)28(30)31)16-32-23-26-25-22(18-10-5-2-6-11-18)27(23)15-17-8-3-1-4-9-17/h1-14H,15-16H2,(H,24,29). The van der Waals surface area contributed by atoms with Gasteiger partial charge in [0.2, 0.25) is 5.91 Å². The molecular weight excluding hydrogens is 426 g/mol. The van der Waals surface area contributed by atoms with Gasteiger partial charge in [0.15, 0.2) is 11.0 Å². The Kier molecular flexibility index (Phi) is 6.57. The molecule has 0 radical (unpaired) electrons. The van der Waals surface area contributed by atoms with Crippen molar-refractivity contribution < 1.29 is 9.72 Å². The lowest BCUT2D eigenvalue weighted by Crippen LogP contribution is -2.15. The third kappa shape index (κ3) is 5.19. The lowest BCUT2D eigenvalue weighted by Gasteiger charge is -2.11. The van der Waals surface area contributed by atoms with Gasteiger partial charge in [-0.2, -0.15) is 0 Å². The number of nitrogens with zero attached hydrogens (tertiary/aromatic N) is 4. The smallest absolute Gasteiger partial charge is 0.271 e. The van der Waals surface area contributed by atoms with E-state index in [-0.39, 0.29) is 17.3 Å². The van der Waals surface area contributed by atoms with Crippen molar-refractivity contribution in [3.8, 4) is 11.4 Å². The average Bonchev–Trinajstić information content (AvgIpc) is 3.21. The van der Waals surface area contributed by atoms with Crippen LogP contribution in [-0.2, 0) is 11.3 Å². The summed E-state index contributed by atoms with van der Waals surface area (Å²) in [5.41, 5.74) is 2.32. The fourth-order valence-corrected chi connectivity index (χ4v) is 3.87. The Morgan fingerprint density at radius 2 is 1.69 bits per heavy atom. The number of rotatable bonds is 8. The fraction of sp³-hybridized carbons (Fsp3) is 0.0870. The molecule has 32 heavy (non-hydrogen) atoms. The molecule has 0 aliphatic rings. The average molecular weight is 446 g/mol. The number of nitro benzene ring substituents is 1. The van der Waals surface area contributed by atoms with Gasteiger partial charge in [-0.3, -0.25) is 19.5 Å². The summed E-state index contributed by atoms with van der Waals surface area (Å²) < 4.78 is 1.98. The number of benzene rings is 3. The largest absolute Gasteiger partial charge is 0.325 e. The zero-order valence-electron chi connectivity index (χ0n) is 16.9. The minimum Gasteiger partial charge on any atom is -0.325 e. The second kappa shape index (κ2) is 9.88. The normalized spacial score (nSPS) is 10.6. The number of carbonyl (C=O) groups excluding carboxylic acids is 1. The summed E-state index contributed by atoms with van der Waals surface area (Å²) >= 11 is 1.26. The van der Waals surface area contributed by atoms with Crippen LogP contribution in [0.5, 0.6) is 0 Å². The zero-order valence-corrected chi connectivity index (χ0v) is 17.7. The molecule has 9 heteroatoms. The number of hydrogen-bond acceptors (Lipinski definition) is 6. The number of nitro groups is 1. The maximum atomic E-state index is 12.5. The van der Waals surface area contributed by atoms with Crippen molar-refractivity contribution >= 4 is 29.0 Å². The number of thioether (sulfide) groups is 1. The molecule has 0 aliphatic carbocycles. The highest BCUT2D eigenvalue weighted by Crippen LogP contribution is 2.25. The van der Waals surface area contributed by atoms with Gasteiger partial charge in [-0.25, -0.2) is 0 Å². The highest BCUT2D eigenvalue weighted by Gasteiger charge is 2.16. The van der Waals surface area contributed by atoms with Gasteiger partial charge in [-0.05, 0) is 11.6 Å². The number of anilines is 1. The predicted octanol–water partition coefficient (Wildman–Crippen LogP) is 4.63. The van der Waals surface area contributed by atoms with E-state index in [2.05, 4.69) is 15.5 Å². The summed E-state index contributed by atoms with van der Waals surface area (Å²) in [6, 6.07) is 25.6. The first-order valence-electron chi connectivity index (χ1n) is 9.80.